The minimum absolute atomic E-state index is 0.140. The van der Waals surface area contributed by atoms with Gasteiger partial charge in [0.2, 0.25) is 0 Å². The van der Waals surface area contributed by atoms with Crippen molar-refractivity contribution in [2.24, 2.45) is 0 Å². The highest BCUT2D eigenvalue weighted by atomic mass is 16.5. The average Bonchev–Trinajstić information content (AvgIpc) is 2.75. The first kappa shape index (κ1) is 21.1. The van der Waals surface area contributed by atoms with Gasteiger partial charge in [0, 0.05) is 31.7 Å². The van der Waals surface area contributed by atoms with Crippen LogP contribution in [0.15, 0.2) is 42.5 Å². The zero-order valence-electron chi connectivity index (χ0n) is 17.4. The molecular formula is C23H30N2O4. The van der Waals surface area contributed by atoms with Crippen molar-refractivity contribution < 1.29 is 19.4 Å². The zero-order valence-corrected chi connectivity index (χ0v) is 17.4. The minimum Gasteiger partial charge on any atom is -0.493 e. The van der Waals surface area contributed by atoms with E-state index in [2.05, 4.69) is 10.2 Å². The van der Waals surface area contributed by atoms with Crippen molar-refractivity contribution in [2.75, 3.05) is 40.4 Å². The molecule has 2 aromatic carbocycles. The molecule has 0 aromatic heterocycles. The molecule has 1 aliphatic heterocycles. The van der Waals surface area contributed by atoms with E-state index in [-0.39, 0.29) is 5.91 Å². The molecule has 0 atom stereocenters. The van der Waals surface area contributed by atoms with Crippen molar-refractivity contribution in [3.8, 4) is 11.5 Å². The number of carbonyl (C=O) groups excluding carboxylic acids is 1. The molecule has 1 saturated heterocycles. The number of aliphatic hydroxyl groups is 1. The third-order valence-electron chi connectivity index (χ3n) is 5.63. The normalized spacial score (nSPS) is 16.3. The summed E-state index contributed by atoms with van der Waals surface area (Å²) in [6.45, 7) is 4.96. The molecule has 2 aromatic rings. The van der Waals surface area contributed by atoms with Crippen LogP contribution in [-0.2, 0) is 5.60 Å². The molecule has 29 heavy (non-hydrogen) atoms. The topological polar surface area (TPSA) is 71.0 Å². The summed E-state index contributed by atoms with van der Waals surface area (Å²) >= 11 is 0. The number of nitrogens with zero attached hydrogens (tertiary/aromatic N) is 1. The van der Waals surface area contributed by atoms with E-state index in [0.717, 1.165) is 25.2 Å². The maximum Gasteiger partial charge on any atom is 0.251 e. The van der Waals surface area contributed by atoms with Crippen LogP contribution in [0.4, 0.5) is 0 Å². The van der Waals surface area contributed by atoms with E-state index in [0.29, 0.717) is 36.4 Å². The van der Waals surface area contributed by atoms with E-state index in [1.807, 2.05) is 31.2 Å². The highest BCUT2D eigenvalue weighted by molar-refractivity contribution is 5.94. The Bertz CT molecular complexity index is 827. The number of likely N-dealkylation sites (tertiary alicyclic amines) is 1. The number of methoxy groups -OCH3 is 2. The summed E-state index contributed by atoms with van der Waals surface area (Å²) in [7, 11) is 3.11. The van der Waals surface area contributed by atoms with E-state index in [4.69, 9.17) is 9.47 Å². The number of amides is 1. The first-order chi connectivity index (χ1) is 13.9. The van der Waals surface area contributed by atoms with E-state index in [1.54, 1.807) is 32.4 Å². The quantitative estimate of drug-likeness (QED) is 0.750. The van der Waals surface area contributed by atoms with Gasteiger partial charge in [-0.15, -0.1) is 0 Å². The fourth-order valence-corrected chi connectivity index (χ4v) is 3.71. The van der Waals surface area contributed by atoms with Crippen LogP contribution in [0.2, 0.25) is 0 Å². The third-order valence-corrected chi connectivity index (χ3v) is 5.63. The summed E-state index contributed by atoms with van der Waals surface area (Å²) < 4.78 is 10.5. The smallest absolute Gasteiger partial charge is 0.251 e. The maximum absolute atomic E-state index is 12.4. The lowest BCUT2D eigenvalue weighted by atomic mass is 9.84. The van der Waals surface area contributed by atoms with Crippen LogP contribution >= 0.6 is 0 Å². The van der Waals surface area contributed by atoms with Crippen LogP contribution in [0.3, 0.4) is 0 Å². The fraction of sp³-hybridized carbons (Fsp3) is 0.435. The Morgan fingerprint density at radius 1 is 1.07 bits per heavy atom. The van der Waals surface area contributed by atoms with Crippen molar-refractivity contribution >= 4 is 5.91 Å². The monoisotopic (exact) mass is 398 g/mol. The van der Waals surface area contributed by atoms with Crippen LogP contribution in [0.5, 0.6) is 11.5 Å². The lowest BCUT2D eigenvalue weighted by Gasteiger charge is -2.38. The number of benzene rings is 2. The Labute approximate surface area is 172 Å². The van der Waals surface area contributed by atoms with Gasteiger partial charge in [-0.3, -0.25) is 4.79 Å². The summed E-state index contributed by atoms with van der Waals surface area (Å²) in [5.41, 5.74) is 1.96. The van der Waals surface area contributed by atoms with Gasteiger partial charge in [0.15, 0.2) is 11.5 Å². The molecule has 0 bridgehead atoms. The number of aryl methyl sites for hydroxylation is 1. The Morgan fingerprint density at radius 3 is 2.34 bits per heavy atom. The summed E-state index contributed by atoms with van der Waals surface area (Å²) in [6, 6.07) is 13.3. The second kappa shape index (κ2) is 9.29. The van der Waals surface area contributed by atoms with Gasteiger partial charge in [0.1, 0.15) is 0 Å². The van der Waals surface area contributed by atoms with Crippen molar-refractivity contribution in [3.63, 3.8) is 0 Å². The van der Waals surface area contributed by atoms with Crippen molar-refractivity contribution in [1.82, 2.24) is 10.2 Å². The number of ether oxygens (including phenoxy) is 2. The van der Waals surface area contributed by atoms with Crippen molar-refractivity contribution in [3.05, 3.63) is 59.2 Å². The molecule has 0 radical (unpaired) electrons. The zero-order chi connectivity index (χ0) is 20.9. The van der Waals surface area contributed by atoms with Crippen molar-refractivity contribution in [2.45, 2.75) is 25.4 Å². The Morgan fingerprint density at radius 2 is 1.72 bits per heavy atom. The molecule has 1 aliphatic rings. The molecule has 6 nitrogen and oxygen atoms in total. The maximum atomic E-state index is 12.4. The number of hydrogen-bond donors (Lipinski definition) is 2. The van der Waals surface area contributed by atoms with E-state index in [1.165, 1.54) is 5.56 Å². The van der Waals surface area contributed by atoms with Crippen LogP contribution in [0, 0.1) is 6.92 Å². The van der Waals surface area contributed by atoms with Gasteiger partial charge in [-0.25, -0.2) is 0 Å². The van der Waals surface area contributed by atoms with E-state index >= 15 is 0 Å². The van der Waals surface area contributed by atoms with Crippen LogP contribution < -0.4 is 14.8 Å². The second-order valence-electron chi connectivity index (χ2n) is 7.56. The van der Waals surface area contributed by atoms with Crippen LogP contribution in [-0.4, -0.2) is 56.3 Å². The molecule has 156 valence electrons. The lowest BCUT2D eigenvalue weighted by molar-refractivity contribution is -0.0255. The largest absolute Gasteiger partial charge is 0.493 e. The minimum atomic E-state index is -0.757. The first-order valence-corrected chi connectivity index (χ1v) is 9.97. The fourth-order valence-electron chi connectivity index (χ4n) is 3.71. The lowest BCUT2D eigenvalue weighted by Crippen LogP contribution is -2.45. The van der Waals surface area contributed by atoms with Crippen LogP contribution in [0.1, 0.15) is 34.3 Å². The van der Waals surface area contributed by atoms with E-state index < -0.39 is 5.60 Å². The summed E-state index contributed by atoms with van der Waals surface area (Å²) in [6.07, 6.45) is 1.39. The molecule has 2 N–H and O–H groups in total. The van der Waals surface area contributed by atoms with Crippen molar-refractivity contribution in [1.29, 1.82) is 0 Å². The summed E-state index contributed by atoms with van der Waals surface area (Å²) in [4.78, 5) is 14.7. The Balaban J connectivity index is 1.47. The molecule has 6 heteroatoms. The first-order valence-electron chi connectivity index (χ1n) is 9.97. The van der Waals surface area contributed by atoms with Gasteiger partial charge < -0.3 is 24.8 Å². The molecule has 0 aliphatic carbocycles. The van der Waals surface area contributed by atoms with E-state index in [9.17, 15) is 9.90 Å². The third kappa shape index (κ3) is 5.08. The molecule has 1 fully saturated rings. The number of nitrogens with one attached hydrogen (secondary N) is 1. The van der Waals surface area contributed by atoms with Gasteiger partial charge in [-0.1, -0.05) is 29.8 Å². The predicted molar refractivity (Wildman–Crippen MR) is 113 cm³/mol. The summed E-state index contributed by atoms with van der Waals surface area (Å²) in [5, 5.41) is 13.9. The molecule has 3 rings (SSSR count). The molecule has 0 saturated carbocycles. The Hall–Kier alpha value is -2.57. The molecule has 0 spiro atoms. The number of carbonyl (C=O) groups is 1. The highest BCUT2D eigenvalue weighted by Gasteiger charge is 2.33. The van der Waals surface area contributed by atoms with Gasteiger partial charge in [-0.05, 0) is 43.5 Å². The second-order valence-corrected chi connectivity index (χ2v) is 7.56. The van der Waals surface area contributed by atoms with Gasteiger partial charge in [-0.2, -0.15) is 0 Å². The number of hydrogen-bond acceptors (Lipinski definition) is 5. The number of rotatable bonds is 7. The predicted octanol–water partition coefficient (Wildman–Crippen LogP) is 2.73. The van der Waals surface area contributed by atoms with Gasteiger partial charge in [0.25, 0.3) is 5.91 Å². The molecule has 0 unspecified atom stereocenters. The van der Waals surface area contributed by atoms with Gasteiger partial charge in [0.05, 0.1) is 19.8 Å². The average molecular weight is 399 g/mol. The Kier molecular flexibility index (Phi) is 6.77. The molecule has 1 amide bonds. The molecule has 1 heterocycles. The summed E-state index contributed by atoms with van der Waals surface area (Å²) in [5.74, 6) is 0.990. The number of piperidine rings is 1. The highest BCUT2D eigenvalue weighted by Crippen LogP contribution is 2.32. The van der Waals surface area contributed by atoms with Crippen LogP contribution in [0.25, 0.3) is 0 Å². The molecular weight excluding hydrogens is 368 g/mol. The SMILES string of the molecule is COc1ccc(C(=O)NCCN2CCC(O)(c3ccc(C)cc3)CC2)cc1OC. The standard InChI is InChI=1S/C23H30N2O4/c1-17-4-7-19(8-5-17)23(27)10-13-25(14-11-23)15-12-24-22(26)18-6-9-20(28-2)21(16-18)29-3/h4-9,16,27H,10-15H2,1-3H3,(H,24,26). The van der Waals surface area contributed by atoms with Gasteiger partial charge >= 0.3 is 0 Å².